The van der Waals surface area contributed by atoms with E-state index in [4.69, 9.17) is 23.8 Å². The van der Waals surface area contributed by atoms with Gasteiger partial charge in [0.2, 0.25) is 0 Å². The molecule has 1 aromatic carbocycles. The summed E-state index contributed by atoms with van der Waals surface area (Å²) in [6.45, 7) is 4.64. The molecule has 34 heavy (non-hydrogen) atoms. The number of phenols is 1. The summed E-state index contributed by atoms with van der Waals surface area (Å²) < 4.78 is 2.03. The van der Waals surface area contributed by atoms with Crippen molar-refractivity contribution in [2.75, 3.05) is 0 Å². The van der Waals surface area contributed by atoms with Gasteiger partial charge in [-0.3, -0.25) is 9.97 Å². The normalized spacial score (nSPS) is 17.7. The number of hydrogen-bond donors (Lipinski definition) is 2. The summed E-state index contributed by atoms with van der Waals surface area (Å²) in [6.07, 6.45) is 3.59. The van der Waals surface area contributed by atoms with Crippen LogP contribution in [0.2, 0.25) is 5.02 Å². The highest BCUT2D eigenvalue weighted by Gasteiger charge is 2.41. The van der Waals surface area contributed by atoms with Gasteiger partial charge in [-0.15, -0.1) is 0 Å². The number of hydrogen-bond acceptors (Lipinski definition) is 4. The third-order valence-electron chi connectivity index (χ3n) is 6.22. The Morgan fingerprint density at radius 1 is 1.03 bits per heavy atom. The van der Waals surface area contributed by atoms with Gasteiger partial charge >= 0.3 is 0 Å². The van der Waals surface area contributed by atoms with Crippen molar-refractivity contribution in [2.24, 2.45) is 0 Å². The van der Waals surface area contributed by atoms with Gasteiger partial charge in [-0.2, -0.15) is 0 Å². The van der Waals surface area contributed by atoms with E-state index in [0.717, 1.165) is 28.3 Å². The summed E-state index contributed by atoms with van der Waals surface area (Å²) in [7, 11) is 0. The number of pyridine rings is 2. The van der Waals surface area contributed by atoms with Crippen LogP contribution in [0, 0.1) is 13.8 Å². The van der Waals surface area contributed by atoms with E-state index in [-0.39, 0.29) is 17.8 Å². The number of benzene rings is 1. The lowest BCUT2D eigenvalue weighted by atomic mass is 9.96. The van der Waals surface area contributed by atoms with Crippen LogP contribution < -0.4 is 5.32 Å². The summed E-state index contributed by atoms with van der Waals surface area (Å²) in [6, 6.07) is 18.8. The molecule has 0 amide bonds. The van der Waals surface area contributed by atoms with E-state index in [9.17, 15) is 5.11 Å². The molecule has 3 aromatic heterocycles. The molecule has 1 saturated heterocycles. The van der Waals surface area contributed by atoms with Crippen LogP contribution in [-0.4, -0.2) is 29.7 Å². The van der Waals surface area contributed by atoms with E-state index in [2.05, 4.69) is 33.2 Å². The molecule has 172 valence electrons. The average Bonchev–Trinajstić information content (AvgIpc) is 3.31. The molecular formula is C26H24ClN5OS. The predicted octanol–water partition coefficient (Wildman–Crippen LogP) is 5.42. The molecule has 6 nitrogen and oxygen atoms in total. The highest BCUT2D eigenvalue weighted by Crippen LogP contribution is 2.42. The lowest BCUT2D eigenvalue weighted by Crippen LogP contribution is -2.29. The van der Waals surface area contributed by atoms with Gasteiger partial charge in [-0.05, 0) is 80.2 Å². The molecule has 5 rings (SSSR count). The predicted molar refractivity (Wildman–Crippen MR) is 137 cm³/mol. The first-order chi connectivity index (χ1) is 16.4. The molecule has 0 aliphatic carbocycles. The topological polar surface area (TPSA) is 66.2 Å². The van der Waals surface area contributed by atoms with E-state index in [1.165, 1.54) is 0 Å². The first-order valence-corrected chi connectivity index (χ1v) is 11.8. The zero-order valence-electron chi connectivity index (χ0n) is 18.8. The maximum absolute atomic E-state index is 10.6. The fourth-order valence-electron chi connectivity index (χ4n) is 4.71. The van der Waals surface area contributed by atoms with E-state index >= 15 is 0 Å². The molecule has 8 heteroatoms. The summed E-state index contributed by atoms with van der Waals surface area (Å²) in [5.41, 5.74) is 5.57. The Balaban J connectivity index is 1.64. The van der Waals surface area contributed by atoms with Crippen LogP contribution in [0.1, 0.15) is 40.4 Å². The van der Waals surface area contributed by atoms with Crippen LogP contribution >= 0.6 is 23.8 Å². The molecular weight excluding hydrogens is 466 g/mol. The van der Waals surface area contributed by atoms with Crippen molar-refractivity contribution in [1.29, 1.82) is 0 Å². The van der Waals surface area contributed by atoms with E-state index < -0.39 is 0 Å². The Bertz CT molecular complexity index is 1340. The number of aromatic hydroxyl groups is 1. The number of halogens is 1. The summed E-state index contributed by atoms with van der Waals surface area (Å²) in [5.74, 6) is 0.171. The third-order valence-corrected chi connectivity index (χ3v) is 6.81. The molecule has 0 unspecified atom stereocenters. The second-order valence-corrected chi connectivity index (χ2v) is 9.19. The Kier molecular flexibility index (Phi) is 5.98. The first-order valence-electron chi connectivity index (χ1n) is 11.0. The highest BCUT2D eigenvalue weighted by atomic mass is 35.5. The van der Waals surface area contributed by atoms with Crippen LogP contribution in [-0.2, 0) is 6.54 Å². The molecule has 2 atom stereocenters. The zero-order chi connectivity index (χ0) is 23.8. The fourth-order valence-corrected chi connectivity index (χ4v) is 5.19. The van der Waals surface area contributed by atoms with Gasteiger partial charge in [0.1, 0.15) is 5.75 Å². The molecule has 1 aliphatic rings. The second kappa shape index (κ2) is 9.08. The smallest absolute Gasteiger partial charge is 0.170 e. The molecule has 4 aromatic rings. The van der Waals surface area contributed by atoms with Gasteiger partial charge in [0.15, 0.2) is 5.11 Å². The van der Waals surface area contributed by atoms with Crippen molar-refractivity contribution in [2.45, 2.75) is 32.5 Å². The lowest BCUT2D eigenvalue weighted by Gasteiger charge is -2.28. The molecule has 1 aliphatic heterocycles. The average molecular weight is 490 g/mol. The van der Waals surface area contributed by atoms with Gasteiger partial charge < -0.3 is 19.9 Å². The second-order valence-electron chi connectivity index (χ2n) is 8.37. The van der Waals surface area contributed by atoms with Crippen molar-refractivity contribution in [1.82, 2.24) is 24.8 Å². The molecule has 1 fully saturated rings. The molecule has 0 spiro atoms. The lowest BCUT2D eigenvalue weighted by molar-refractivity contribution is 0.307. The number of thiocarbonyl (C=S) groups is 1. The Labute approximate surface area is 208 Å². The standard InChI is InChI=1S/C26H24ClN5OS/c1-16-13-20(17(2)32(16)22-14-18(27)9-10-23(22)33)25-24(21-8-4-6-12-29-21)30-26(34)31(25)15-19-7-3-5-11-28-19/h3-14,24-25,33H,15H2,1-2H3,(H,30,34)/t24-,25-/m1/s1. The number of rotatable bonds is 5. The molecule has 4 heterocycles. The van der Waals surface area contributed by atoms with E-state index in [0.29, 0.717) is 22.4 Å². The van der Waals surface area contributed by atoms with Crippen molar-refractivity contribution in [3.8, 4) is 11.4 Å². The number of nitrogens with one attached hydrogen (secondary N) is 1. The van der Waals surface area contributed by atoms with Crippen LogP contribution in [0.3, 0.4) is 0 Å². The summed E-state index contributed by atoms with van der Waals surface area (Å²) >= 11 is 12.1. The van der Waals surface area contributed by atoms with Crippen molar-refractivity contribution >= 4 is 28.9 Å². The number of phenolic OH excluding ortho intramolecular Hbond substituents is 1. The van der Waals surface area contributed by atoms with Gasteiger partial charge in [0.25, 0.3) is 0 Å². The van der Waals surface area contributed by atoms with Gasteiger partial charge in [-0.1, -0.05) is 23.7 Å². The SMILES string of the molecule is Cc1cc([C@@H]2[C@@H](c3ccccn3)NC(=S)N2Cc2ccccn2)c(C)n1-c1cc(Cl)ccc1O. The van der Waals surface area contributed by atoms with Crippen LogP contribution in [0.25, 0.3) is 5.69 Å². The van der Waals surface area contributed by atoms with E-state index in [1.807, 2.05) is 47.9 Å². The Morgan fingerprint density at radius 2 is 1.79 bits per heavy atom. The molecule has 0 radical (unpaired) electrons. The monoisotopic (exact) mass is 489 g/mol. The molecule has 2 N–H and O–H groups in total. The van der Waals surface area contributed by atoms with Gasteiger partial charge in [-0.25, -0.2) is 0 Å². The quantitative estimate of drug-likeness (QED) is 0.365. The minimum absolute atomic E-state index is 0.120. The first kappa shape index (κ1) is 22.4. The highest BCUT2D eigenvalue weighted by molar-refractivity contribution is 7.80. The summed E-state index contributed by atoms with van der Waals surface area (Å²) in [5, 5.41) is 15.3. The Hall–Kier alpha value is -3.42. The van der Waals surface area contributed by atoms with Gasteiger partial charge in [0, 0.05) is 28.8 Å². The van der Waals surface area contributed by atoms with Gasteiger partial charge in [0.05, 0.1) is 35.7 Å². The number of aryl methyl sites for hydroxylation is 1. The van der Waals surface area contributed by atoms with Crippen LogP contribution in [0.5, 0.6) is 5.75 Å². The van der Waals surface area contributed by atoms with Crippen LogP contribution in [0.15, 0.2) is 73.1 Å². The zero-order valence-corrected chi connectivity index (χ0v) is 20.4. The number of aromatic nitrogens is 3. The molecule has 0 bridgehead atoms. The minimum atomic E-state index is -0.140. The third kappa shape index (κ3) is 4.02. The Morgan fingerprint density at radius 3 is 2.50 bits per heavy atom. The fraction of sp³-hybridized carbons (Fsp3) is 0.192. The largest absolute Gasteiger partial charge is 0.506 e. The van der Waals surface area contributed by atoms with Crippen molar-refractivity contribution in [3.05, 3.63) is 106 Å². The molecule has 0 saturated carbocycles. The van der Waals surface area contributed by atoms with Crippen molar-refractivity contribution in [3.63, 3.8) is 0 Å². The number of nitrogens with zero attached hydrogens (tertiary/aromatic N) is 4. The summed E-state index contributed by atoms with van der Waals surface area (Å²) in [4.78, 5) is 11.3. The maximum Gasteiger partial charge on any atom is 0.170 e. The maximum atomic E-state index is 10.6. The van der Waals surface area contributed by atoms with Crippen LogP contribution in [0.4, 0.5) is 0 Å². The van der Waals surface area contributed by atoms with Crippen molar-refractivity contribution < 1.29 is 5.11 Å². The minimum Gasteiger partial charge on any atom is -0.506 e. The van der Waals surface area contributed by atoms with E-state index in [1.54, 1.807) is 30.6 Å².